The molecular weight excluding hydrogens is 126 g/mol. The number of allylic oxidation sites excluding steroid dienone is 1. The third kappa shape index (κ3) is 2.73. The van der Waals surface area contributed by atoms with E-state index in [1.54, 1.807) is 0 Å². The molecule has 0 aliphatic rings. The summed E-state index contributed by atoms with van der Waals surface area (Å²) in [6, 6.07) is 0. The van der Waals surface area contributed by atoms with Crippen LogP contribution in [0.4, 0.5) is 0 Å². The molecule has 0 aliphatic heterocycles. The fourth-order valence-electron chi connectivity index (χ4n) is 0.736. The molecule has 3 nitrogen and oxygen atoms in total. The molecule has 0 aliphatic carbocycles. The van der Waals surface area contributed by atoms with E-state index in [9.17, 15) is 0 Å². The predicted octanol–water partition coefficient (Wildman–Crippen LogP) is -0.124. The van der Waals surface area contributed by atoms with Crippen molar-refractivity contribution in [2.75, 3.05) is 27.7 Å². The second-order valence-electron chi connectivity index (χ2n) is 2.13. The molecule has 0 saturated carbocycles. The van der Waals surface area contributed by atoms with Crippen molar-refractivity contribution >= 4 is 0 Å². The highest BCUT2D eigenvalue weighted by Gasteiger charge is 1.94. The highest BCUT2D eigenvalue weighted by Crippen LogP contribution is 1.92. The van der Waals surface area contributed by atoms with Gasteiger partial charge in [-0.15, -0.1) is 0 Å². The van der Waals surface area contributed by atoms with Crippen molar-refractivity contribution in [1.82, 2.24) is 16.0 Å². The quantitative estimate of drug-likeness (QED) is 0.513. The van der Waals surface area contributed by atoms with Gasteiger partial charge in [-0.25, -0.2) is 0 Å². The summed E-state index contributed by atoms with van der Waals surface area (Å²) >= 11 is 0. The van der Waals surface area contributed by atoms with E-state index in [0.29, 0.717) is 0 Å². The van der Waals surface area contributed by atoms with Crippen LogP contribution in [0.2, 0.25) is 0 Å². The molecule has 60 valence electrons. The lowest BCUT2D eigenvalue weighted by atomic mass is 10.3. The second-order valence-corrected chi connectivity index (χ2v) is 2.13. The van der Waals surface area contributed by atoms with E-state index in [1.165, 1.54) is 11.4 Å². The first kappa shape index (κ1) is 9.30. The average molecular weight is 143 g/mol. The number of likely N-dealkylation sites (N-methyl/N-ethyl adjacent to an activating group) is 2. The summed E-state index contributed by atoms with van der Waals surface area (Å²) in [6.07, 6.45) is 0. The van der Waals surface area contributed by atoms with E-state index >= 15 is 0 Å². The van der Waals surface area contributed by atoms with Crippen LogP contribution in [0.3, 0.4) is 0 Å². The lowest BCUT2D eigenvalue weighted by Gasteiger charge is -2.10. The molecule has 0 saturated heterocycles. The first-order chi connectivity index (χ1) is 4.76. The van der Waals surface area contributed by atoms with Gasteiger partial charge in [0.15, 0.2) is 0 Å². The monoisotopic (exact) mass is 143 g/mol. The summed E-state index contributed by atoms with van der Waals surface area (Å²) in [6.45, 7) is 2.92. The molecule has 0 aromatic carbocycles. The second kappa shape index (κ2) is 5.11. The molecule has 0 fully saturated rings. The largest absolute Gasteiger partial charge is 0.390 e. The van der Waals surface area contributed by atoms with E-state index < -0.39 is 0 Å². The molecule has 0 aromatic heterocycles. The Bertz CT molecular complexity index is 118. The molecule has 0 rings (SSSR count). The molecular formula is C7H17N3. The Kier molecular flexibility index (Phi) is 4.76. The molecule has 3 heteroatoms. The van der Waals surface area contributed by atoms with Crippen molar-refractivity contribution in [1.29, 1.82) is 0 Å². The average Bonchev–Trinajstić information content (AvgIpc) is 1.99. The molecule has 10 heavy (non-hydrogen) atoms. The Morgan fingerprint density at radius 2 is 1.70 bits per heavy atom. The summed E-state index contributed by atoms with van der Waals surface area (Å²) in [5, 5.41) is 9.26. The third-order valence-corrected chi connectivity index (χ3v) is 1.48. The highest BCUT2D eigenvalue weighted by atomic mass is 15.0. The van der Waals surface area contributed by atoms with Gasteiger partial charge in [-0.05, 0) is 14.0 Å². The van der Waals surface area contributed by atoms with E-state index in [-0.39, 0.29) is 0 Å². The van der Waals surface area contributed by atoms with E-state index in [2.05, 4.69) is 16.0 Å². The molecule has 0 heterocycles. The lowest BCUT2D eigenvalue weighted by molar-refractivity contribution is 0.772. The molecule has 0 aromatic rings. The minimum absolute atomic E-state index is 0.878. The molecule has 0 spiro atoms. The van der Waals surface area contributed by atoms with Gasteiger partial charge in [-0.2, -0.15) is 0 Å². The van der Waals surface area contributed by atoms with Crippen molar-refractivity contribution in [3.63, 3.8) is 0 Å². The molecule has 3 N–H and O–H groups in total. The SMILES string of the molecule is CNC/C(NC)=C(/C)NC. The summed E-state index contributed by atoms with van der Waals surface area (Å²) in [4.78, 5) is 0. The summed E-state index contributed by atoms with van der Waals surface area (Å²) < 4.78 is 0. The smallest absolute Gasteiger partial charge is 0.0434 e. The maximum absolute atomic E-state index is 3.11. The van der Waals surface area contributed by atoms with Gasteiger partial charge in [-0.3, -0.25) is 0 Å². The van der Waals surface area contributed by atoms with Crippen molar-refractivity contribution in [3.05, 3.63) is 11.4 Å². The van der Waals surface area contributed by atoms with Gasteiger partial charge in [0.1, 0.15) is 0 Å². The van der Waals surface area contributed by atoms with Gasteiger partial charge in [0.25, 0.3) is 0 Å². The standard InChI is InChI=1S/C7H17N3/c1-6(9-3)7(10-4)5-8-2/h8-10H,5H2,1-4H3/b7-6+. The molecule has 0 unspecified atom stereocenters. The van der Waals surface area contributed by atoms with Crippen LogP contribution in [0.15, 0.2) is 11.4 Å². The van der Waals surface area contributed by atoms with Crippen molar-refractivity contribution in [2.45, 2.75) is 6.92 Å². The predicted molar refractivity (Wildman–Crippen MR) is 44.7 cm³/mol. The van der Waals surface area contributed by atoms with Gasteiger partial charge in [0, 0.05) is 32.0 Å². The molecule has 0 amide bonds. The zero-order valence-corrected chi connectivity index (χ0v) is 7.21. The minimum Gasteiger partial charge on any atom is -0.390 e. The van der Waals surface area contributed by atoms with Gasteiger partial charge < -0.3 is 16.0 Å². The Hall–Kier alpha value is -0.700. The van der Waals surface area contributed by atoms with Crippen LogP contribution in [0.5, 0.6) is 0 Å². The Labute approximate surface area is 62.9 Å². The molecule has 0 bridgehead atoms. The van der Waals surface area contributed by atoms with Crippen LogP contribution in [0.1, 0.15) is 6.92 Å². The van der Waals surface area contributed by atoms with Gasteiger partial charge in [0.05, 0.1) is 0 Å². The zero-order chi connectivity index (χ0) is 7.98. The summed E-state index contributed by atoms with van der Waals surface area (Å²) in [5.74, 6) is 0. The van der Waals surface area contributed by atoms with Crippen LogP contribution in [0.25, 0.3) is 0 Å². The number of hydrogen-bond acceptors (Lipinski definition) is 3. The van der Waals surface area contributed by atoms with Crippen molar-refractivity contribution < 1.29 is 0 Å². The zero-order valence-electron chi connectivity index (χ0n) is 7.21. The number of rotatable bonds is 4. The van der Waals surface area contributed by atoms with Gasteiger partial charge in [0.2, 0.25) is 0 Å². The normalized spacial score (nSPS) is 12.4. The van der Waals surface area contributed by atoms with Crippen LogP contribution in [-0.4, -0.2) is 27.7 Å². The van der Waals surface area contributed by atoms with E-state index in [1.807, 2.05) is 28.1 Å². The van der Waals surface area contributed by atoms with E-state index in [0.717, 1.165) is 6.54 Å². The topological polar surface area (TPSA) is 36.1 Å². The van der Waals surface area contributed by atoms with Gasteiger partial charge in [-0.1, -0.05) is 0 Å². The fraction of sp³-hybridized carbons (Fsp3) is 0.714. The molecule has 0 atom stereocenters. The first-order valence-corrected chi connectivity index (χ1v) is 3.46. The number of nitrogens with one attached hydrogen (secondary N) is 3. The van der Waals surface area contributed by atoms with Crippen molar-refractivity contribution in [3.8, 4) is 0 Å². The third-order valence-electron chi connectivity index (χ3n) is 1.48. The number of hydrogen-bond donors (Lipinski definition) is 3. The lowest BCUT2D eigenvalue weighted by Crippen LogP contribution is -2.24. The van der Waals surface area contributed by atoms with Crippen LogP contribution in [-0.2, 0) is 0 Å². The van der Waals surface area contributed by atoms with Crippen LogP contribution >= 0.6 is 0 Å². The van der Waals surface area contributed by atoms with E-state index in [4.69, 9.17) is 0 Å². The Balaban J connectivity index is 4.00. The van der Waals surface area contributed by atoms with Crippen molar-refractivity contribution in [2.24, 2.45) is 0 Å². The Morgan fingerprint density at radius 1 is 1.10 bits per heavy atom. The minimum atomic E-state index is 0.878. The molecule has 0 radical (unpaired) electrons. The van der Waals surface area contributed by atoms with Crippen LogP contribution < -0.4 is 16.0 Å². The summed E-state index contributed by atoms with van der Waals surface area (Å²) in [7, 11) is 5.77. The highest BCUT2D eigenvalue weighted by molar-refractivity contribution is 5.08. The maximum Gasteiger partial charge on any atom is 0.0434 e. The maximum atomic E-state index is 3.11. The first-order valence-electron chi connectivity index (χ1n) is 3.46. The Morgan fingerprint density at radius 3 is 2.00 bits per heavy atom. The van der Waals surface area contributed by atoms with Gasteiger partial charge >= 0.3 is 0 Å². The fourth-order valence-corrected chi connectivity index (χ4v) is 0.736. The summed E-state index contributed by atoms with van der Waals surface area (Å²) in [5.41, 5.74) is 2.38. The van der Waals surface area contributed by atoms with Crippen LogP contribution in [0, 0.1) is 0 Å².